The molecular weight excluding hydrogens is 396 g/mol. The maximum absolute atomic E-state index is 12.3. The Bertz CT molecular complexity index is 969. The predicted molar refractivity (Wildman–Crippen MR) is 116 cm³/mol. The topological polar surface area (TPSA) is 81.9 Å². The van der Waals surface area contributed by atoms with Crippen molar-refractivity contribution in [3.05, 3.63) is 87.6 Å². The van der Waals surface area contributed by atoms with E-state index in [0.29, 0.717) is 38.5 Å². The van der Waals surface area contributed by atoms with E-state index >= 15 is 0 Å². The third-order valence-corrected chi connectivity index (χ3v) is 5.88. The number of rotatable bonds is 6. The molecule has 2 aromatic carbocycles. The van der Waals surface area contributed by atoms with Crippen LogP contribution in [0.3, 0.4) is 0 Å². The molecule has 3 atom stereocenters. The number of ketones is 1. The molecule has 0 spiro atoms. The van der Waals surface area contributed by atoms with Crippen molar-refractivity contribution in [1.82, 2.24) is 4.90 Å². The molecule has 7 nitrogen and oxygen atoms in total. The number of hydrogen-bond acceptors (Lipinski definition) is 6. The van der Waals surface area contributed by atoms with Crippen molar-refractivity contribution < 1.29 is 19.2 Å². The number of nitrogens with zero attached hydrogens (tertiary/aromatic N) is 2. The molecule has 31 heavy (non-hydrogen) atoms. The van der Waals surface area contributed by atoms with Gasteiger partial charge in [-0.1, -0.05) is 48.5 Å². The summed E-state index contributed by atoms with van der Waals surface area (Å²) in [6, 6.07) is 15.8. The maximum atomic E-state index is 12.3. The molecule has 0 aliphatic carbocycles. The van der Waals surface area contributed by atoms with Crippen molar-refractivity contribution in [2.75, 3.05) is 26.3 Å². The predicted octanol–water partition coefficient (Wildman–Crippen LogP) is 3.74. The van der Waals surface area contributed by atoms with Gasteiger partial charge in [-0.15, -0.1) is 0 Å². The molecule has 0 bridgehead atoms. The highest BCUT2D eigenvalue weighted by Crippen LogP contribution is 2.46. The highest BCUT2D eigenvalue weighted by molar-refractivity contribution is 5.87. The Kier molecular flexibility index (Phi) is 6.32. The van der Waals surface area contributed by atoms with E-state index in [1.807, 2.05) is 54.6 Å². The lowest BCUT2D eigenvalue weighted by Gasteiger charge is -2.37. The molecule has 162 valence electrons. The van der Waals surface area contributed by atoms with Crippen molar-refractivity contribution in [3.8, 4) is 5.75 Å². The smallest absolute Gasteiger partial charge is 0.260 e. The molecule has 0 saturated carbocycles. The van der Waals surface area contributed by atoms with Crippen LogP contribution in [-0.4, -0.2) is 48.0 Å². The Labute approximate surface area is 181 Å². The molecule has 2 aliphatic heterocycles. The molecule has 2 aromatic rings. The Morgan fingerprint density at radius 1 is 1.13 bits per heavy atom. The number of nitro groups is 1. The highest BCUT2D eigenvalue weighted by atomic mass is 16.6. The van der Waals surface area contributed by atoms with E-state index in [0.717, 1.165) is 16.8 Å². The Hall–Kier alpha value is -3.19. The first-order valence-electron chi connectivity index (χ1n) is 10.5. The van der Waals surface area contributed by atoms with E-state index in [2.05, 4.69) is 4.90 Å². The monoisotopic (exact) mass is 422 g/mol. The SMILES string of the molecule is CC(=O)/C=C(\C[C@@H]1c2ccccc2O[C@@H](c2ccccc2)[C@H]1[N+](=O)[O-])N1CCOCC1. The van der Waals surface area contributed by atoms with Gasteiger partial charge in [-0.05, 0) is 24.6 Å². The molecule has 0 N–H and O–H groups in total. The third-order valence-electron chi connectivity index (χ3n) is 5.88. The van der Waals surface area contributed by atoms with Crippen LogP contribution in [0.4, 0.5) is 0 Å². The second kappa shape index (κ2) is 9.31. The van der Waals surface area contributed by atoms with Gasteiger partial charge in [-0.3, -0.25) is 14.9 Å². The molecule has 1 fully saturated rings. The van der Waals surface area contributed by atoms with Gasteiger partial charge in [-0.2, -0.15) is 0 Å². The molecule has 2 heterocycles. The molecular formula is C24H26N2O5. The molecule has 7 heteroatoms. The van der Waals surface area contributed by atoms with E-state index in [9.17, 15) is 14.9 Å². The minimum absolute atomic E-state index is 0.0703. The fraction of sp³-hybridized carbons (Fsp3) is 0.375. The summed E-state index contributed by atoms with van der Waals surface area (Å²) >= 11 is 0. The van der Waals surface area contributed by atoms with Gasteiger partial charge < -0.3 is 14.4 Å². The van der Waals surface area contributed by atoms with Gasteiger partial charge in [0.2, 0.25) is 0 Å². The fourth-order valence-electron chi connectivity index (χ4n) is 4.48. The van der Waals surface area contributed by atoms with Crippen LogP contribution in [0.1, 0.15) is 36.5 Å². The van der Waals surface area contributed by atoms with Gasteiger partial charge in [0.25, 0.3) is 6.04 Å². The number of benzene rings is 2. The summed E-state index contributed by atoms with van der Waals surface area (Å²) in [4.78, 5) is 26.2. The molecule has 4 rings (SSSR count). The number of morpholine rings is 1. The Morgan fingerprint density at radius 2 is 1.81 bits per heavy atom. The zero-order valence-corrected chi connectivity index (χ0v) is 17.5. The van der Waals surface area contributed by atoms with Crippen LogP contribution in [-0.2, 0) is 9.53 Å². The summed E-state index contributed by atoms with van der Waals surface area (Å²) in [5, 5.41) is 12.3. The van der Waals surface area contributed by atoms with Crippen LogP contribution in [0, 0.1) is 10.1 Å². The lowest BCUT2D eigenvalue weighted by molar-refractivity contribution is -0.540. The Morgan fingerprint density at radius 3 is 2.48 bits per heavy atom. The number of para-hydroxylation sites is 1. The zero-order valence-electron chi connectivity index (χ0n) is 17.5. The summed E-state index contributed by atoms with van der Waals surface area (Å²) in [5.41, 5.74) is 2.39. The highest BCUT2D eigenvalue weighted by Gasteiger charge is 2.47. The lowest BCUT2D eigenvalue weighted by atomic mass is 9.80. The lowest BCUT2D eigenvalue weighted by Crippen LogP contribution is -2.42. The van der Waals surface area contributed by atoms with Crippen LogP contribution in [0.15, 0.2) is 66.4 Å². The van der Waals surface area contributed by atoms with Gasteiger partial charge in [0.05, 0.1) is 19.1 Å². The van der Waals surface area contributed by atoms with Crippen LogP contribution in [0.2, 0.25) is 0 Å². The molecule has 2 aliphatic rings. The van der Waals surface area contributed by atoms with Crippen LogP contribution in [0.5, 0.6) is 5.75 Å². The van der Waals surface area contributed by atoms with E-state index in [1.54, 1.807) is 6.08 Å². The van der Waals surface area contributed by atoms with Gasteiger partial charge in [0, 0.05) is 35.7 Å². The van der Waals surface area contributed by atoms with Gasteiger partial charge in [-0.25, -0.2) is 0 Å². The number of ether oxygens (including phenoxy) is 2. The average Bonchev–Trinajstić information content (AvgIpc) is 2.79. The van der Waals surface area contributed by atoms with Gasteiger partial charge >= 0.3 is 0 Å². The second-order valence-corrected chi connectivity index (χ2v) is 7.92. The minimum atomic E-state index is -0.978. The summed E-state index contributed by atoms with van der Waals surface area (Å²) in [7, 11) is 0. The van der Waals surface area contributed by atoms with E-state index in [4.69, 9.17) is 9.47 Å². The van der Waals surface area contributed by atoms with Gasteiger partial charge in [0.1, 0.15) is 5.75 Å². The van der Waals surface area contributed by atoms with Crippen molar-refractivity contribution in [3.63, 3.8) is 0 Å². The summed E-state index contributed by atoms with van der Waals surface area (Å²) in [5.74, 6) is 0.154. The quantitative estimate of drug-likeness (QED) is 0.401. The normalized spacial score (nSPS) is 23.6. The number of hydrogen-bond donors (Lipinski definition) is 0. The molecule has 0 aromatic heterocycles. The largest absolute Gasteiger partial charge is 0.478 e. The standard InChI is InChI=1S/C24H26N2O5/c1-17(27)15-19(25-11-13-30-14-12-25)16-21-20-9-5-6-10-22(20)31-24(23(21)26(28)29)18-7-3-2-4-8-18/h2-10,15,21,23-24H,11-14,16H2,1H3/b19-15+/t21-,23+,24+/m1/s1. The van der Waals surface area contributed by atoms with Crippen molar-refractivity contribution in [2.24, 2.45) is 0 Å². The van der Waals surface area contributed by atoms with E-state index in [1.165, 1.54) is 6.92 Å². The van der Waals surface area contributed by atoms with E-state index in [-0.39, 0.29) is 10.7 Å². The first-order chi connectivity index (χ1) is 15.0. The summed E-state index contributed by atoms with van der Waals surface area (Å²) in [6.07, 6.45) is 1.28. The zero-order chi connectivity index (χ0) is 21.8. The van der Waals surface area contributed by atoms with Crippen LogP contribution >= 0.6 is 0 Å². The molecule has 0 amide bonds. The molecule has 0 radical (unpaired) electrons. The molecule has 0 unspecified atom stereocenters. The summed E-state index contributed by atoms with van der Waals surface area (Å²) in [6.45, 7) is 3.98. The van der Waals surface area contributed by atoms with Crippen molar-refractivity contribution in [1.29, 1.82) is 0 Å². The Balaban J connectivity index is 1.76. The fourth-order valence-corrected chi connectivity index (χ4v) is 4.48. The average molecular weight is 422 g/mol. The number of allylic oxidation sites excluding steroid dienone is 2. The van der Waals surface area contributed by atoms with E-state index < -0.39 is 18.1 Å². The van der Waals surface area contributed by atoms with Crippen molar-refractivity contribution >= 4 is 5.78 Å². The number of carbonyl (C=O) groups excluding carboxylic acids is 1. The van der Waals surface area contributed by atoms with Crippen molar-refractivity contribution in [2.45, 2.75) is 31.4 Å². The first kappa shape index (κ1) is 21.1. The minimum Gasteiger partial charge on any atom is -0.478 e. The third kappa shape index (κ3) is 4.61. The second-order valence-electron chi connectivity index (χ2n) is 7.92. The van der Waals surface area contributed by atoms with Gasteiger partial charge in [0.15, 0.2) is 11.9 Å². The number of carbonyl (C=O) groups is 1. The van der Waals surface area contributed by atoms with Crippen LogP contribution in [0.25, 0.3) is 0 Å². The number of fused-ring (bicyclic) bond motifs is 1. The maximum Gasteiger partial charge on any atom is 0.260 e. The van der Waals surface area contributed by atoms with Crippen LogP contribution < -0.4 is 4.74 Å². The summed E-state index contributed by atoms with van der Waals surface area (Å²) < 4.78 is 11.6. The first-order valence-corrected chi connectivity index (χ1v) is 10.5. The molecule has 1 saturated heterocycles.